The molecule has 0 radical (unpaired) electrons. The highest BCUT2D eigenvalue weighted by Gasteiger charge is 2.12. The van der Waals surface area contributed by atoms with Gasteiger partial charge in [0.2, 0.25) is 0 Å². The lowest BCUT2D eigenvalue weighted by molar-refractivity contribution is 0.0965. The van der Waals surface area contributed by atoms with E-state index in [1.54, 1.807) is 54.0 Å². The molecular weight excluding hydrogens is 495 g/mol. The summed E-state index contributed by atoms with van der Waals surface area (Å²) in [6.07, 6.45) is 0. The lowest BCUT2D eigenvalue weighted by Crippen LogP contribution is -2.36. The summed E-state index contributed by atoms with van der Waals surface area (Å²) in [6, 6.07) is 18.4. The van der Waals surface area contributed by atoms with Crippen molar-refractivity contribution in [2.75, 3.05) is 0 Å². The summed E-state index contributed by atoms with van der Waals surface area (Å²) in [6.45, 7) is 2.01. The molecule has 0 spiro atoms. The van der Waals surface area contributed by atoms with Gasteiger partial charge in [0.25, 0.3) is 11.5 Å². The number of halogens is 2. The molecule has 0 aliphatic carbocycles. The Bertz CT molecular complexity index is 1460. The number of para-hydroxylation sites is 2. The van der Waals surface area contributed by atoms with Gasteiger partial charge in [0.15, 0.2) is 0 Å². The molecule has 0 aliphatic rings. The second-order valence-corrected chi connectivity index (χ2v) is 9.03. The van der Waals surface area contributed by atoms with Crippen molar-refractivity contribution in [3.05, 3.63) is 104 Å². The van der Waals surface area contributed by atoms with Crippen LogP contribution in [0.1, 0.15) is 21.6 Å². The van der Waals surface area contributed by atoms with Gasteiger partial charge in [0, 0.05) is 10.5 Å². The minimum absolute atomic E-state index is 0.170. The van der Waals surface area contributed by atoms with Gasteiger partial charge in [-0.2, -0.15) is 0 Å². The predicted molar refractivity (Wildman–Crippen MR) is 135 cm³/mol. The van der Waals surface area contributed by atoms with E-state index in [9.17, 15) is 14.4 Å². The molecular formula is C24H18Cl2N4O3S. The van der Waals surface area contributed by atoms with E-state index in [0.29, 0.717) is 32.7 Å². The predicted octanol–water partition coefficient (Wildman–Crippen LogP) is 5.21. The van der Waals surface area contributed by atoms with Crippen LogP contribution in [0, 0.1) is 6.92 Å². The second kappa shape index (κ2) is 10.3. The number of hydrogen-bond acceptors (Lipinski definition) is 5. The third kappa shape index (κ3) is 5.41. The Hall–Kier alpha value is -3.33. The van der Waals surface area contributed by atoms with Gasteiger partial charge in [0.1, 0.15) is 5.69 Å². The molecule has 10 heteroatoms. The molecule has 4 aromatic rings. The fraction of sp³-hybridized carbons (Fsp3) is 0.0833. The molecule has 0 saturated carbocycles. The summed E-state index contributed by atoms with van der Waals surface area (Å²) < 4.78 is 4.17. The van der Waals surface area contributed by atoms with E-state index in [1.165, 1.54) is 0 Å². The van der Waals surface area contributed by atoms with Gasteiger partial charge >= 0.3 is 6.03 Å². The number of carbonyl (C=O) groups excluding carboxylic acids is 2. The molecule has 0 unspecified atom stereocenters. The molecule has 0 saturated heterocycles. The lowest BCUT2D eigenvalue weighted by Gasteiger charge is -2.11. The maximum absolute atomic E-state index is 12.7. The summed E-state index contributed by atoms with van der Waals surface area (Å²) in [5, 5.41) is 3.04. The Morgan fingerprint density at radius 3 is 2.47 bits per heavy atom. The van der Waals surface area contributed by atoms with Crippen molar-refractivity contribution < 1.29 is 9.59 Å². The standard InChI is InChI=1S/C24H18Cl2N4O3S/c1-14-23(32)30(21-5-3-2-4-20(21)27-14)13-15-6-8-16(9-7-15)22(31)28-24(33)29-34-17-10-11-18(25)19(26)12-17/h2-12H,13H2,1H3,(H2,28,29,31,33). The van der Waals surface area contributed by atoms with Crippen molar-refractivity contribution in [1.29, 1.82) is 0 Å². The minimum atomic E-state index is -0.671. The van der Waals surface area contributed by atoms with Crippen LogP contribution in [0.15, 0.2) is 76.4 Å². The largest absolute Gasteiger partial charge is 0.331 e. The molecule has 2 N–H and O–H groups in total. The van der Waals surface area contributed by atoms with E-state index in [4.69, 9.17) is 23.2 Å². The molecule has 7 nitrogen and oxygen atoms in total. The molecule has 1 aromatic heterocycles. The van der Waals surface area contributed by atoms with Gasteiger partial charge in [-0.3, -0.25) is 19.6 Å². The van der Waals surface area contributed by atoms with E-state index in [2.05, 4.69) is 15.0 Å². The Morgan fingerprint density at radius 1 is 1.00 bits per heavy atom. The highest BCUT2D eigenvalue weighted by atomic mass is 35.5. The number of hydrogen-bond donors (Lipinski definition) is 2. The number of nitrogens with zero attached hydrogens (tertiary/aromatic N) is 2. The topological polar surface area (TPSA) is 93.1 Å². The van der Waals surface area contributed by atoms with Gasteiger partial charge in [-0.05, 0) is 66.9 Å². The zero-order valence-electron chi connectivity index (χ0n) is 17.8. The molecule has 0 aliphatic heterocycles. The summed E-state index contributed by atoms with van der Waals surface area (Å²) in [4.78, 5) is 42.2. The Labute approximate surface area is 209 Å². The average molecular weight is 513 g/mol. The number of amides is 3. The average Bonchev–Trinajstić information content (AvgIpc) is 2.83. The molecule has 0 atom stereocenters. The van der Waals surface area contributed by atoms with E-state index >= 15 is 0 Å². The molecule has 0 fully saturated rings. The maximum atomic E-state index is 12.7. The van der Waals surface area contributed by atoms with Crippen LogP contribution in [0.5, 0.6) is 0 Å². The first-order valence-corrected chi connectivity index (χ1v) is 11.7. The number of urea groups is 1. The molecule has 1 heterocycles. The highest BCUT2D eigenvalue weighted by Crippen LogP contribution is 2.26. The second-order valence-electron chi connectivity index (χ2n) is 7.34. The van der Waals surface area contributed by atoms with Gasteiger partial charge in [-0.25, -0.2) is 9.78 Å². The number of fused-ring (bicyclic) bond motifs is 1. The maximum Gasteiger partial charge on any atom is 0.331 e. The van der Waals surface area contributed by atoms with Crippen molar-refractivity contribution in [2.24, 2.45) is 0 Å². The van der Waals surface area contributed by atoms with Crippen LogP contribution in [-0.4, -0.2) is 21.5 Å². The smallest absolute Gasteiger partial charge is 0.301 e. The van der Waals surface area contributed by atoms with E-state index < -0.39 is 11.9 Å². The quantitative estimate of drug-likeness (QED) is 0.358. The number of benzene rings is 3. The number of aryl methyl sites for hydroxylation is 1. The van der Waals surface area contributed by atoms with Crippen LogP contribution in [0.4, 0.5) is 4.79 Å². The van der Waals surface area contributed by atoms with Crippen LogP contribution in [0.25, 0.3) is 11.0 Å². The number of aromatic nitrogens is 2. The Balaban J connectivity index is 1.41. The van der Waals surface area contributed by atoms with Gasteiger partial charge in [0.05, 0.1) is 27.6 Å². The van der Waals surface area contributed by atoms with Gasteiger partial charge < -0.3 is 4.57 Å². The SMILES string of the molecule is Cc1nc2ccccc2n(Cc2ccc(C(=O)NC(=O)NSc3ccc(Cl)c(Cl)c3)cc2)c1=O. The molecule has 0 bridgehead atoms. The molecule has 4 rings (SSSR count). The van der Waals surface area contributed by atoms with Crippen molar-refractivity contribution >= 4 is 58.1 Å². The van der Waals surface area contributed by atoms with Crippen LogP contribution in [0.2, 0.25) is 10.0 Å². The van der Waals surface area contributed by atoms with Crippen LogP contribution >= 0.6 is 35.1 Å². The number of rotatable bonds is 5. The summed E-state index contributed by atoms with van der Waals surface area (Å²) in [5.74, 6) is -0.554. The number of imide groups is 1. The monoisotopic (exact) mass is 512 g/mol. The van der Waals surface area contributed by atoms with Gasteiger partial charge in [-0.15, -0.1) is 0 Å². The first kappa shape index (κ1) is 23.8. The van der Waals surface area contributed by atoms with Crippen LogP contribution in [-0.2, 0) is 6.54 Å². The molecule has 172 valence electrons. The molecule has 34 heavy (non-hydrogen) atoms. The number of nitrogens with one attached hydrogen (secondary N) is 2. The summed E-state index contributed by atoms with van der Waals surface area (Å²) in [5.41, 5.74) is 2.85. The third-order valence-electron chi connectivity index (χ3n) is 4.95. The first-order valence-electron chi connectivity index (χ1n) is 10.1. The van der Waals surface area contributed by atoms with Crippen molar-refractivity contribution in [2.45, 2.75) is 18.4 Å². The van der Waals surface area contributed by atoms with Crippen LogP contribution < -0.4 is 15.6 Å². The van der Waals surface area contributed by atoms with Crippen molar-refractivity contribution in [3.63, 3.8) is 0 Å². The van der Waals surface area contributed by atoms with E-state index in [0.717, 1.165) is 28.5 Å². The van der Waals surface area contributed by atoms with E-state index in [1.807, 2.05) is 24.3 Å². The fourth-order valence-electron chi connectivity index (χ4n) is 3.27. The molecule has 3 amide bonds. The van der Waals surface area contributed by atoms with Crippen molar-refractivity contribution in [1.82, 2.24) is 19.6 Å². The number of carbonyl (C=O) groups is 2. The van der Waals surface area contributed by atoms with Crippen molar-refractivity contribution in [3.8, 4) is 0 Å². The Morgan fingerprint density at radius 2 is 1.74 bits per heavy atom. The van der Waals surface area contributed by atoms with E-state index in [-0.39, 0.29) is 5.56 Å². The summed E-state index contributed by atoms with van der Waals surface area (Å²) >= 11 is 12.8. The highest BCUT2D eigenvalue weighted by molar-refractivity contribution is 7.98. The third-order valence-corrected chi connectivity index (χ3v) is 6.47. The zero-order chi connectivity index (χ0) is 24.2. The lowest BCUT2D eigenvalue weighted by atomic mass is 10.1. The summed E-state index contributed by atoms with van der Waals surface area (Å²) in [7, 11) is 0. The fourth-order valence-corrected chi connectivity index (χ4v) is 4.20. The first-order chi connectivity index (χ1) is 16.3. The zero-order valence-corrected chi connectivity index (χ0v) is 20.2. The Kier molecular flexibility index (Phi) is 7.21. The minimum Gasteiger partial charge on any atom is -0.301 e. The van der Waals surface area contributed by atoms with Gasteiger partial charge in [-0.1, -0.05) is 47.5 Å². The normalized spacial score (nSPS) is 10.8. The van der Waals surface area contributed by atoms with Crippen LogP contribution in [0.3, 0.4) is 0 Å². The molecule has 3 aromatic carbocycles.